The van der Waals surface area contributed by atoms with Crippen molar-refractivity contribution < 1.29 is 17.9 Å². The molecule has 0 spiro atoms. The lowest BCUT2D eigenvalue weighted by molar-refractivity contribution is 0.102. The number of allylic oxidation sites excluding steroid dienone is 1. The molecule has 4 aromatic carbocycles. The third kappa shape index (κ3) is 4.94. The predicted octanol–water partition coefficient (Wildman–Crippen LogP) is 5.63. The van der Waals surface area contributed by atoms with Gasteiger partial charge < -0.3 is 10.1 Å². The van der Waals surface area contributed by atoms with Gasteiger partial charge in [-0.1, -0.05) is 42.5 Å². The average molecular weight is 473 g/mol. The fourth-order valence-corrected chi connectivity index (χ4v) is 4.75. The number of benzene rings is 4. The van der Waals surface area contributed by atoms with Gasteiger partial charge in [0, 0.05) is 16.6 Å². The Labute approximate surface area is 198 Å². The lowest BCUT2D eigenvalue weighted by atomic mass is 10.1. The molecule has 0 saturated heterocycles. The van der Waals surface area contributed by atoms with Crippen molar-refractivity contribution in [2.45, 2.75) is 11.3 Å². The molecule has 172 valence electrons. The Balaban J connectivity index is 1.51. The van der Waals surface area contributed by atoms with Crippen LogP contribution in [0.3, 0.4) is 0 Å². The van der Waals surface area contributed by atoms with Gasteiger partial charge in [0.2, 0.25) is 0 Å². The molecule has 6 nitrogen and oxygen atoms in total. The van der Waals surface area contributed by atoms with Gasteiger partial charge in [0.1, 0.15) is 5.75 Å². The quantitative estimate of drug-likeness (QED) is 0.326. The van der Waals surface area contributed by atoms with E-state index in [1.807, 2.05) is 30.3 Å². The van der Waals surface area contributed by atoms with Crippen LogP contribution in [0.2, 0.25) is 0 Å². The van der Waals surface area contributed by atoms with E-state index in [-0.39, 0.29) is 10.8 Å². The summed E-state index contributed by atoms with van der Waals surface area (Å²) in [7, 11) is -2.23. The largest absolute Gasteiger partial charge is 0.496 e. The van der Waals surface area contributed by atoms with Crippen molar-refractivity contribution in [3.63, 3.8) is 0 Å². The number of carbonyl (C=O) groups is 1. The van der Waals surface area contributed by atoms with Crippen molar-refractivity contribution in [1.82, 2.24) is 0 Å². The first-order chi connectivity index (χ1) is 16.4. The van der Waals surface area contributed by atoms with E-state index in [0.717, 1.165) is 16.3 Å². The van der Waals surface area contributed by atoms with Crippen molar-refractivity contribution >= 4 is 38.1 Å². The molecule has 0 aliphatic heterocycles. The molecule has 34 heavy (non-hydrogen) atoms. The third-order valence-corrected chi connectivity index (χ3v) is 6.74. The summed E-state index contributed by atoms with van der Waals surface area (Å²) in [5.74, 6) is 0.377. The molecule has 0 bridgehead atoms. The third-order valence-electron chi connectivity index (χ3n) is 5.36. The van der Waals surface area contributed by atoms with Crippen LogP contribution in [-0.4, -0.2) is 21.4 Å². The highest BCUT2D eigenvalue weighted by Crippen LogP contribution is 2.26. The van der Waals surface area contributed by atoms with Crippen LogP contribution < -0.4 is 14.8 Å². The van der Waals surface area contributed by atoms with E-state index in [1.165, 1.54) is 12.1 Å². The minimum Gasteiger partial charge on any atom is -0.496 e. The minimum atomic E-state index is -3.81. The molecular weight excluding hydrogens is 448 g/mol. The van der Waals surface area contributed by atoms with Crippen LogP contribution in [0, 0.1) is 0 Å². The van der Waals surface area contributed by atoms with Gasteiger partial charge in [0.15, 0.2) is 0 Å². The normalized spacial score (nSPS) is 11.1. The van der Waals surface area contributed by atoms with E-state index >= 15 is 0 Å². The summed E-state index contributed by atoms with van der Waals surface area (Å²) in [6.07, 6.45) is 2.31. The summed E-state index contributed by atoms with van der Waals surface area (Å²) >= 11 is 0. The van der Waals surface area contributed by atoms with E-state index < -0.39 is 10.0 Å². The van der Waals surface area contributed by atoms with E-state index in [0.29, 0.717) is 29.1 Å². The van der Waals surface area contributed by atoms with E-state index in [2.05, 4.69) is 16.6 Å². The number of amides is 1. The first-order valence-electron chi connectivity index (χ1n) is 10.6. The smallest absolute Gasteiger partial charge is 0.261 e. The summed E-state index contributed by atoms with van der Waals surface area (Å²) in [5.41, 5.74) is 2.30. The molecule has 1 amide bonds. The molecule has 0 aliphatic rings. The Morgan fingerprint density at radius 3 is 2.44 bits per heavy atom. The van der Waals surface area contributed by atoms with Crippen molar-refractivity contribution in [3.8, 4) is 5.75 Å². The lowest BCUT2D eigenvalue weighted by Gasteiger charge is -2.12. The van der Waals surface area contributed by atoms with E-state index in [9.17, 15) is 13.2 Å². The van der Waals surface area contributed by atoms with Gasteiger partial charge in [-0.3, -0.25) is 9.52 Å². The fraction of sp³-hybridized carbons (Fsp3) is 0.0741. The maximum absolute atomic E-state index is 12.9. The zero-order valence-electron chi connectivity index (χ0n) is 18.6. The van der Waals surface area contributed by atoms with Gasteiger partial charge in [0.25, 0.3) is 15.9 Å². The SMILES string of the molecule is C=CCc1cc(C(=O)Nc2ccc(S(=O)(=O)Nc3cccc4ccccc34)cc2)ccc1OC. The van der Waals surface area contributed by atoms with Gasteiger partial charge in [-0.15, -0.1) is 6.58 Å². The Morgan fingerprint density at radius 1 is 0.971 bits per heavy atom. The van der Waals surface area contributed by atoms with Crippen LogP contribution in [0.4, 0.5) is 11.4 Å². The second-order valence-corrected chi connectivity index (χ2v) is 9.31. The Hall–Kier alpha value is -4.10. The number of hydrogen-bond acceptors (Lipinski definition) is 4. The second kappa shape index (κ2) is 9.80. The number of sulfonamides is 1. The van der Waals surface area contributed by atoms with Crippen LogP contribution in [0.25, 0.3) is 10.8 Å². The number of carbonyl (C=O) groups excluding carboxylic acids is 1. The summed E-state index contributed by atoms with van der Waals surface area (Å²) in [6.45, 7) is 3.73. The first-order valence-corrected chi connectivity index (χ1v) is 12.1. The van der Waals surface area contributed by atoms with Crippen molar-refractivity contribution in [2.24, 2.45) is 0 Å². The highest BCUT2D eigenvalue weighted by molar-refractivity contribution is 7.92. The molecule has 0 aliphatic carbocycles. The van der Waals surface area contributed by atoms with Crippen LogP contribution in [0.1, 0.15) is 15.9 Å². The zero-order chi connectivity index (χ0) is 24.1. The van der Waals surface area contributed by atoms with Crippen molar-refractivity contribution in [3.05, 3.63) is 109 Å². The number of ether oxygens (including phenoxy) is 1. The number of hydrogen-bond donors (Lipinski definition) is 2. The highest BCUT2D eigenvalue weighted by Gasteiger charge is 2.16. The van der Waals surface area contributed by atoms with Crippen LogP contribution in [-0.2, 0) is 16.4 Å². The number of nitrogens with one attached hydrogen (secondary N) is 2. The number of rotatable bonds is 8. The molecule has 0 fully saturated rings. The molecule has 0 saturated carbocycles. The van der Waals surface area contributed by atoms with E-state index in [1.54, 1.807) is 55.7 Å². The first kappa shape index (κ1) is 23.1. The maximum atomic E-state index is 12.9. The Morgan fingerprint density at radius 2 is 1.71 bits per heavy atom. The highest BCUT2D eigenvalue weighted by atomic mass is 32.2. The zero-order valence-corrected chi connectivity index (χ0v) is 19.4. The summed E-state index contributed by atoms with van der Waals surface area (Å²) in [4.78, 5) is 12.8. The monoisotopic (exact) mass is 472 g/mol. The molecule has 0 atom stereocenters. The molecule has 0 radical (unpaired) electrons. The molecule has 0 aromatic heterocycles. The number of methoxy groups -OCH3 is 1. The molecule has 0 unspecified atom stereocenters. The van der Waals surface area contributed by atoms with Crippen LogP contribution in [0.5, 0.6) is 5.75 Å². The average Bonchev–Trinajstić information content (AvgIpc) is 2.84. The maximum Gasteiger partial charge on any atom is 0.261 e. The molecular formula is C27H24N2O4S. The molecule has 7 heteroatoms. The summed E-state index contributed by atoms with van der Waals surface area (Å²) < 4.78 is 33.9. The molecule has 4 aromatic rings. The summed E-state index contributed by atoms with van der Waals surface area (Å²) in [6, 6.07) is 24.2. The second-order valence-electron chi connectivity index (χ2n) is 7.63. The molecule has 4 rings (SSSR count). The van der Waals surface area contributed by atoms with Gasteiger partial charge >= 0.3 is 0 Å². The molecule has 2 N–H and O–H groups in total. The lowest BCUT2D eigenvalue weighted by Crippen LogP contribution is -2.14. The van der Waals surface area contributed by atoms with Crippen LogP contribution >= 0.6 is 0 Å². The number of fused-ring (bicyclic) bond motifs is 1. The van der Waals surface area contributed by atoms with Gasteiger partial charge in [0.05, 0.1) is 17.7 Å². The van der Waals surface area contributed by atoms with E-state index in [4.69, 9.17) is 4.74 Å². The number of anilines is 2. The van der Waals surface area contributed by atoms with Gasteiger partial charge in [-0.25, -0.2) is 8.42 Å². The topological polar surface area (TPSA) is 84.5 Å². The van der Waals surface area contributed by atoms with Gasteiger partial charge in [-0.05, 0) is 65.9 Å². The Bertz CT molecular complexity index is 1460. The summed E-state index contributed by atoms with van der Waals surface area (Å²) in [5, 5.41) is 4.55. The fourth-order valence-electron chi connectivity index (χ4n) is 3.67. The van der Waals surface area contributed by atoms with Crippen LogP contribution in [0.15, 0.2) is 102 Å². The minimum absolute atomic E-state index is 0.0937. The van der Waals surface area contributed by atoms with Gasteiger partial charge in [-0.2, -0.15) is 0 Å². The standard InChI is InChI=1S/C27H24N2O4S/c1-3-7-20-18-21(12-17-26(20)33-2)27(30)28-22-13-15-23(16-14-22)34(31,32)29-25-11-6-9-19-8-4-5-10-24(19)25/h3-6,8-18,29H,1,7H2,2H3,(H,28,30). The van der Waals surface area contributed by atoms with Crippen molar-refractivity contribution in [1.29, 1.82) is 0 Å². The predicted molar refractivity (Wildman–Crippen MR) is 136 cm³/mol. The Kier molecular flexibility index (Phi) is 6.65. The van der Waals surface area contributed by atoms with Crippen molar-refractivity contribution in [2.75, 3.05) is 17.1 Å². The molecule has 0 heterocycles.